The van der Waals surface area contributed by atoms with Gasteiger partial charge in [0.15, 0.2) is 0 Å². The summed E-state index contributed by atoms with van der Waals surface area (Å²) < 4.78 is 12.9. The summed E-state index contributed by atoms with van der Waals surface area (Å²) >= 11 is 5.87. The van der Waals surface area contributed by atoms with Gasteiger partial charge in [-0.3, -0.25) is 9.59 Å². The lowest BCUT2D eigenvalue weighted by atomic mass is 10.1. The Bertz CT molecular complexity index is 777. The molecule has 0 spiro atoms. The molecular formula is C20H20ClFN2O2. The van der Waals surface area contributed by atoms with E-state index in [4.69, 9.17) is 11.6 Å². The van der Waals surface area contributed by atoms with Gasteiger partial charge < -0.3 is 10.2 Å². The monoisotopic (exact) mass is 374 g/mol. The Kier molecular flexibility index (Phi) is 5.89. The lowest BCUT2D eigenvalue weighted by Crippen LogP contribution is -2.34. The molecule has 2 amide bonds. The fourth-order valence-electron chi connectivity index (χ4n) is 3.04. The third-order valence-corrected chi connectivity index (χ3v) is 4.75. The van der Waals surface area contributed by atoms with Crippen LogP contribution in [0.5, 0.6) is 0 Å². The van der Waals surface area contributed by atoms with E-state index >= 15 is 0 Å². The van der Waals surface area contributed by atoms with Crippen LogP contribution in [0.15, 0.2) is 48.5 Å². The van der Waals surface area contributed by atoms with Gasteiger partial charge in [0.25, 0.3) is 0 Å². The molecule has 6 heteroatoms. The van der Waals surface area contributed by atoms with E-state index in [1.54, 1.807) is 29.2 Å². The topological polar surface area (TPSA) is 49.4 Å². The van der Waals surface area contributed by atoms with Gasteiger partial charge in [-0.2, -0.15) is 0 Å². The Morgan fingerprint density at radius 3 is 2.46 bits per heavy atom. The molecule has 1 unspecified atom stereocenters. The lowest BCUT2D eigenvalue weighted by Gasteiger charge is -2.16. The average Bonchev–Trinajstić information content (AvgIpc) is 2.99. The normalized spacial score (nSPS) is 16.8. The van der Waals surface area contributed by atoms with Crippen molar-refractivity contribution >= 4 is 23.4 Å². The van der Waals surface area contributed by atoms with Crippen LogP contribution in [0.1, 0.15) is 17.5 Å². The van der Waals surface area contributed by atoms with Crippen molar-refractivity contribution < 1.29 is 14.0 Å². The minimum Gasteiger partial charge on any atom is -0.355 e. The molecule has 1 fully saturated rings. The smallest absolute Gasteiger partial charge is 0.225 e. The highest BCUT2D eigenvalue weighted by atomic mass is 35.5. The first-order valence-electron chi connectivity index (χ1n) is 8.55. The Morgan fingerprint density at radius 1 is 1.12 bits per heavy atom. The van der Waals surface area contributed by atoms with Crippen LogP contribution in [0.3, 0.4) is 0 Å². The van der Waals surface area contributed by atoms with Crippen molar-refractivity contribution in [3.63, 3.8) is 0 Å². The summed E-state index contributed by atoms with van der Waals surface area (Å²) in [6, 6.07) is 13.6. The molecule has 2 aromatic carbocycles. The highest BCUT2D eigenvalue weighted by Crippen LogP contribution is 2.21. The molecule has 0 radical (unpaired) electrons. The van der Waals surface area contributed by atoms with Crippen LogP contribution < -0.4 is 5.32 Å². The van der Waals surface area contributed by atoms with Crippen LogP contribution in [0.4, 0.5) is 4.39 Å². The van der Waals surface area contributed by atoms with E-state index in [1.807, 2.05) is 12.1 Å². The third-order valence-electron chi connectivity index (χ3n) is 4.50. The summed E-state index contributed by atoms with van der Waals surface area (Å²) in [5.41, 5.74) is 1.94. The lowest BCUT2D eigenvalue weighted by molar-refractivity contribution is -0.129. The maximum atomic E-state index is 12.9. The molecule has 0 aromatic heterocycles. The van der Waals surface area contributed by atoms with Crippen molar-refractivity contribution in [2.75, 3.05) is 13.1 Å². The minimum atomic E-state index is -0.331. The number of amides is 2. The van der Waals surface area contributed by atoms with Crippen molar-refractivity contribution in [1.29, 1.82) is 0 Å². The molecule has 4 nitrogen and oxygen atoms in total. The predicted molar refractivity (Wildman–Crippen MR) is 98.1 cm³/mol. The summed E-state index contributed by atoms with van der Waals surface area (Å²) in [6.45, 7) is 1.37. The number of carbonyl (C=O) groups is 2. The molecule has 1 aliphatic rings. The Balaban J connectivity index is 1.47. The van der Waals surface area contributed by atoms with E-state index in [1.165, 1.54) is 12.1 Å². The van der Waals surface area contributed by atoms with Crippen LogP contribution in [-0.2, 0) is 22.6 Å². The van der Waals surface area contributed by atoms with Crippen molar-refractivity contribution in [2.24, 2.45) is 5.92 Å². The molecule has 1 atom stereocenters. The Hall–Kier alpha value is -2.40. The molecule has 0 saturated carbocycles. The van der Waals surface area contributed by atoms with Gasteiger partial charge in [-0.25, -0.2) is 4.39 Å². The standard InChI is InChI=1S/C20H20ClFN2O2/c21-17-5-1-15(2-6-17)12-24-13-16(11-19(24)25)20(26)23-10-9-14-3-7-18(22)8-4-14/h1-8,16H,9-13H2,(H,23,26). The van der Waals surface area contributed by atoms with Crippen molar-refractivity contribution in [2.45, 2.75) is 19.4 Å². The highest BCUT2D eigenvalue weighted by Gasteiger charge is 2.33. The highest BCUT2D eigenvalue weighted by molar-refractivity contribution is 6.30. The Labute approximate surface area is 157 Å². The van der Waals surface area contributed by atoms with Gasteiger partial charge in [0.1, 0.15) is 5.82 Å². The molecular weight excluding hydrogens is 355 g/mol. The number of carbonyl (C=O) groups excluding carboxylic acids is 2. The van der Waals surface area contributed by atoms with Crippen molar-refractivity contribution in [3.05, 3.63) is 70.5 Å². The van der Waals surface area contributed by atoms with Gasteiger partial charge in [-0.1, -0.05) is 35.9 Å². The fraction of sp³-hybridized carbons (Fsp3) is 0.300. The average molecular weight is 375 g/mol. The Morgan fingerprint density at radius 2 is 1.77 bits per heavy atom. The van der Waals surface area contributed by atoms with Gasteiger partial charge >= 0.3 is 0 Å². The minimum absolute atomic E-state index is 0.0152. The van der Waals surface area contributed by atoms with Gasteiger partial charge in [0.2, 0.25) is 11.8 Å². The molecule has 1 heterocycles. The second-order valence-corrected chi connectivity index (χ2v) is 6.91. The maximum absolute atomic E-state index is 12.9. The number of rotatable bonds is 6. The van der Waals surface area contributed by atoms with Gasteiger partial charge in [-0.15, -0.1) is 0 Å². The number of nitrogens with zero attached hydrogens (tertiary/aromatic N) is 1. The van der Waals surface area contributed by atoms with Gasteiger partial charge in [0.05, 0.1) is 5.92 Å². The number of benzene rings is 2. The zero-order valence-electron chi connectivity index (χ0n) is 14.3. The quantitative estimate of drug-likeness (QED) is 0.844. The largest absolute Gasteiger partial charge is 0.355 e. The molecule has 1 aliphatic heterocycles. The number of likely N-dealkylation sites (tertiary alicyclic amines) is 1. The molecule has 2 aromatic rings. The fourth-order valence-corrected chi connectivity index (χ4v) is 3.16. The number of nitrogens with one attached hydrogen (secondary N) is 1. The van der Waals surface area contributed by atoms with E-state index in [2.05, 4.69) is 5.32 Å². The first-order valence-corrected chi connectivity index (χ1v) is 8.93. The molecule has 1 N–H and O–H groups in total. The number of hydrogen-bond acceptors (Lipinski definition) is 2. The van der Waals surface area contributed by atoms with Gasteiger partial charge in [-0.05, 0) is 41.8 Å². The third kappa shape index (κ3) is 4.82. The second-order valence-electron chi connectivity index (χ2n) is 6.47. The zero-order valence-corrected chi connectivity index (χ0v) is 15.0. The van der Waals surface area contributed by atoms with Crippen LogP contribution in [0.2, 0.25) is 5.02 Å². The van der Waals surface area contributed by atoms with E-state index in [0.29, 0.717) is 31.1 Å². The maximum Gasteiger partial charge on any atom is 0.225 e. The first-order chi connectivity index (χ1) is 12.5. The summed E-state index contributed by atoms with van der Waals surface area (Å²) in [4.78, 5) is 26.2. The predicted octanol–water partition coefficient (Wildman–Crippen LogP) is 3.19. The molecule has 0 aliphatic carbocycles. The SMILES string of the molecule is O=C(NCCc1ccc(F)cc1)C1CC(=O)N(Cc2ccc(Cl)cc2)C1. The van der Waals surface area contributed by atoms with Crippen LogP contribution >= 0.6 is 11.6 Å². The molecule has 3 rings (SSSR count). The second kappa shape index (κ2) is 8.32. The van der Waals surface area contributed by atoms with E-state index < -0.39 is 0 Å². The first kappa shape index (κ1) is 18.4. The van der Waals surface area contributed by atoms with Crippen molar-refractivity contribution in [1.82, 2.24) is 10.2 Å². The van der Waals surface area contributed by atoms with Crippen LogP contribution in [-0.4, -0.2) is 29.8 Å². The summed E-state index contributed by atoms with van der Waals surface area (Å²) in [7, 11) is 0. The van der Waals surface area contributed by atoms with E-state index in [9.17, 15) is 14.0 Å². The molecule has 26 heavy (non-hydrogen) atoms. The molecule has 1 saturated heterocycles. The summed E-state index contributed by atoms with van der Waals surface area (Å²) in [6.07, 6.45) is 0.858. The van der Waals surface area contributed by atoms with Crippen LogP contribution in [0, 0.1) is 11.7 Å². The van der Waals surface area contributed by atoms with E-state index in [-0.39, 0.29) is 30.0 Å². The number of halogens is 2. The summed E-state index contributed by atoms with van der Waals surface area (Å²) in [5.74, 6) is -0.733. The molecule has 0 bridgehead atoms. The van der Waals surface area contributed by atoms with E-state index in [0.717, 1.165) is 11.1 Å². The van der Waals surface area contributed by atoms with Gasteiger partial charge in [0, 0.05) is 31.1 Å². The van der Waals surface area contributed by atoms with Crippen LogP contribution in [0.25, 0.3) is 0 Å². The van der Waals surface area contributed by atoms with Crippen molar-refractivity contribution in [3.8, 4) is 0 Å². The zero-order chi connectivity index (χ0) is 18.5. The molecule has 136 valence electrons. The number of hydrogen-bond donors (Lipinski definition) is 1. The summed E-state index contributed by atoms with van der Waals surface area (Å²) in [5, 5.41) is 3.52.